The summed E-state index contributed by atoms with van der Waals surface area (Å²) in [6, 6.07) is 5.16. The number of anilines is 1. The number of carbonyl (C=O) groups excluding carboxylic acids is 1. The number of benzene rings is 1. The number of hydrogen-bond acceptors (Lipinski definition) is 5. The Morgan fingerprint density at radius 2 is 2.21 bits per heavy atom. The third kappa shape index (κ3) is 3.51. The molecule has 0 aromatic heterocycles. The Labute approximate surface area is 112 Å². The van der Waals surface area contributed by atoms with Gasteiger partial charge < -0.3 is 24.8 Å². The number of hydrogen-bond donors (Lipinski definition) is 2. The van der Waals surface area contributed by atoms with E-state index in [0.29, 0.717) is 18.9 Å². The Morgan fingerprint density at radius 1 is 1.42 bits per heavy atom. The minimum atomic E-state index is -0.336. The largest absolute Gasteiger partial charge is 0.454 e. The predicted octanol–water partition coefficient (Wildman–Crippen LogP) is 0.978. The molecule has 0 fully saturated rings. The number of nitrogens with one attached hydrogen (secondary N) is 2. The quantitative estimate of drug-likeness (QED) is 0.751. The van der Waals surface area contributed by atoms with E-state index in [0.717, 1.165) is 11.4 Å². The van der Waals surface area contributed by atoms with Crippen molar-refractivity contribution in [1.29, 1.82) is 0 Å². The molecule has 6 nitrogen and oxygen atoms in total. The standard InChI is InChI=1S/C13H18N2O4/c1-9(13(16)14-5-6-17-2)15-10-3-4-11-12(7-10)19-8-18-11/h3-4,7,9,15H,5-6,8H2,1-2H3,(H,14,16). The van der Waals surface area contributed by atoms with Crippen LogP contribution in [-0.4, -0.2) is 39.0 Å². The van der Waals surface area contributed by atoms with Gasteiger partial charge >= 0.3 is 0 Å². The summed E-state index contributed by atoms with van der Waals surface area (Å²) >= 11 is 0. The van der Waals surface area contributed by atoms with Crippen molar-refractivity contribution in [2.45, 2.75) is 13.0 Å². The van der Waals surface area contributed by atoms with Crippen LogP contribution >= 0.6 is 0 Å². The summed E-state index contributed by atoms with van der Waals surface area (Å²) in [6.45, 7) is 3.05. The van der Waals surface area contributed by atoms with Crippen LogP contribution in [0, 0.1) is 0 Å². The molecule has 1 atom stereocenters. The van der Waals surface area contributed by atoms with E-state index in [1.54, 1.807) is 14.0 Å². The zero-order chi connectivity index (χ0) is 13.7. The van der Waals surface area contributed by atoms with E-state index in [2.05, 4.69) is 10.6 Å². The first kappa shape index (κ1) is 13.5. The molecule has 104 valence electrons. The first-order valence-electron chi connectivity index (χ1n) is 6.13. The average Bonchev–Trinajstić information content (AvgIpc) is 2.86. The molecule has 2 rings (SSSR count). The van der Waals surface area contributed by atoms with Crippen molar-refractivity contribution in [2.24, 2.45) is 0 Å². The van der Waals surface area contributed by atoms with Gasteiger partial charge in [-0.05, 0) is 19.1 Å². The van der Waals surface area contributed by atoms with Gasteiger partial charge in [0.2, 0.25) is 12.7 Å². The fraction of sp³-hybridized carbons (Fsp3) is 0.462. The van der Waals surface area contributed by atoms with Gasteiger partial charge in [-0.1, -0.05) is 0 Å². The maximum Gasteiger partial charge on any atom is 0.242 e. The molecule has 0 spiro atoms. The van der Waals surface area contributed by atoms with E-state index < -0.39 is 0 Å². The molecule has 1 aromatic carbocycles. The van der Waals surface area contributed by atoms with Crippen LogP contribution < -0.4 is 20.1 Å². The van der Waals surface area contributed by atoms with E-state index in [1.807, 2.05) is 18.2 Å². The van der Waals surface area contributed by atoms with Gasteiger partial charge in [-0.25, -0.2) is 0 Å². The van der Waals surface area contributed by atoms with E-state index in [-0.39, 0.29) is 18.7 Å². The Balaban J connectivity index is 1.88. The zero-order valence-electron chi connectivity index (χ0n) is 11.1. The normalized spacial score (nSPS) is 14.0. The van der Waals surface area contributed by atoms with Gasteiger partial charge in [-0.2, -0.15) is 0 Å². The van der Waals surface area contributed by atoms with Gasteiger partial charge in [0.15, 0.2) is 11.5 Å². The van der Waals surface area contributed by atoms with Crippen molar-refractivity contribution in [2.75, 3.05) is 32.4 Å². The highest BCUT2D eigenvalue weighted by molar-refractivity contribution is 5.84. The summed E-state index contributed by atoms with van der Waals surface area (Å²) in [4.78, 5) is 11.8. The van der Waals surface area contributed by atoms with Gasteiger partial charge in [0, 0.05) is 25.4 Å². The Kier molecular flexibility index (Phi) is 4.46. The van der Waals surface area contributed by atoms with Gasteiger partial charge in [0.05, 0.1) is 6.61 Å². The fourth-order valence-electron chi connectivity index (χ4n) is 1.73. The van der Waals surface area contributed by atoms with E-state index in [9.17, 15) is 4.79 Å². The molecule has 2 N–H and O–H groups in total. The van der Waals surface area contributed by atoms with Gasteiger partial charge in [-0.3, -0.25) is 4.79 Å². The lowest BCUT2D eigenvalue weighted by Crippen LogP contribution is -2.39. The van der Waals surface area contributed by atoms with Gasteiger partial charge in [0.25, 0.3) is 0 Å². The number of methoxy groups -OCH3 is 1. The molecule has 1 aromatic rings. The molecule has 0 radical (unpaired) electrons. The van der Waals surface area contributed by atoms with Crippen molar-refractivity contribution in [3.8, 4) is 11.5 Å². The maximum atomic E-state index is 11.8. The highest BCUT2D eigenvalue weighted by Crippen LogP contribution is 2.34. The third-order valence-electron chi connectivity index (χ3n) is 2.75. The summed E-state index contributed by atoms with van der Waals surface area (Å²) < 4.78 is 15.4. The van der Waals surface area contributed by atoms with Crippen molar-refractivity contribution < 1.29 is 19.0 Å². The van der Waals surface area contributed by atoms with Gasteiger partial charge in [-0.15, -0.1) is 0 Å². The zero-order valence-corrected chi connectivity index (χ0v) is 11.1. The van der Waals surface area contributed by atoms with E-state index in [4.69, 9.17) is 14.2 Å². The SMILES string of the molecule is COCCNC(=O)C(C)Nc1ccc2c(c1)OCO2. The van der Waals surface area contributed by atoms with Crippen LogP contribution in [-0.2, 0) is 9.53 Å². The second-order valence-corrected chi connectivity index (χ2v) is 4.22. The van der Waals surface area contributed by atoms with E-state index >= 15 is 0 Å². The second kappa shape index (κ2) is 6.29. The lowest BCUT2D eigenvalue weighted by atomic mass is 10.2. The first-order valence-corrected chi connectivity index (χ1v) is 6.13. The predicted molar refractivity (Wildman–Crippen MR) is 70.5 cm³/mol. The van der Waals surface area contributed by atoms with Crippen LogP contribution in [0.5, 0.6) is 11.5 Å². The molecule has 0 aliphatic carbocycles. The van der Waals surface area contributed by atoms with E-state index in [1.165, 1.54) is 0 Å². The minimum Gasteiger partial charge on any atom is -0.454 e. The van der Waals surface area contributed by atoms with Crippen LogP contribution in [0.15, 0.2) is 18.2 Å². The number of carbonyl (C=O) groups is 1. The third-order valence-corrected chi connectivity index (χ3v) is 2.75. The number of amides is 1. The molecule has 0 saturated heterocycles. The topological polar surface area (TPSA) is 68.8 Å². The van der Waals surface area contributed by atoms with Crippen molar-refractivity contribution in [3.05, 3.63) is 18.2 Å². The van der Waals surface area contributed by atoms with Crippen LogP contribution in [0.1, 0.15) is 6.92 Å². The van der Waals surface area contributed by atoms with Crippen LogP contribution in [0.4, 0.5) is 5.69 Å². The lowest BCUT2D eigenvalue weighted by molar-refractivity contribution is -0.121. The summed E-state index contributed by atoms with van der Waals surface area (Å²) in [5.74, 6) is 1.34. The Bertz CT molecular complexity index is 450. The van der Waals surface area contributed by atoms with Crippen LogP contribution in [0.25, 0.3) is 0 Å². The molecule has 6 heteroatoms. The van der Waals surface area contributed by atoms with Crippen LogP contribution in [0.3, 0.4) is 0 Å². The molecule has 0 bridgehead atoms. The van der Waals surface area contributed by atoms with Gasteiger partial charge in [0.1, 0.15) is 6.04 Å². The molecule has 1 unspecified atom stereocenters. The highest BCUT2D eigenvalue weighted by Gasteiger charge is 2.16. The summed E-state index contributed by atoms with van der Waals surface area (Å²) in [5, 5.41) is 5.88. The van der Waals surface area contributed by atoms with Crippen LogP contribution in [0.2, 0.25) is 0 Å². The Hall–Kier alpha value is -1.95. The molecule has 1 aliphatic rings. The van der Waals surface area contributed by atoms with Crippen molar-refractivity contribution >= 4 is 11.6 Å². The summed E-state index contributed by atoms with van der Waals surface area (Å²) in [6.07, 6.45) is 0. The monoisotopic (exact) mass is 266 g/mol. The van der Waals surface area contributed by atoms with Crippen molar-refractivity contribution in [3.63, 3.8) is 0 Å². The number of rotatable bonds is 6. The molecule has 1 aliphatic heterocycles. The molecule has 1 heterocycles. The molecule has 19 heavy (non-hydrogen) atoms. The minimum absolute atomic E-state index is 0.0743. The van der Waals surface area contributed by atoms with Crippen molar-refractivity contribution in [1.82, 2.24) is 5.32 Å². The second-order valence-electron chi connectivity index (χ2n) is 4.22. The number of ether oxygens (including phenoxy) is 3. The number of fused-ring (bicyclic) bond motifs is 1. The average molecular weight is 266 g/mol. The summed E-state index contributed by atoms with van der Waals surface area (Å²) in [5.41, 5.74) is 0.818. The molecule has 0 saturated carbocycles. The lowest BCUT2D eigenvalue weighted by Gasteiger charge is -2.15. The Morgan fingerprint density at radius 3 is 3.00 bits per heavy atom. The fourth-order valence-corrected chi connectivity index (χ4v) is 1.73. The highest BCUT2D eigenvalue weighted by atomic mass is 16.7. The molecular formula is C13H18N2O4. The molecule has 1 amide bonds. The summed E-state index contributed by atoms with van der Waals surface area (Å²) in [7, 11) is 1.60. The molecular weight excluding hydrogens is 248 g/mol. The smallest absolute Gasteiger partial charge is 0.242 e. The first-order chi connectivity index (χ1) is 9.20. The maximum absolute atomic E-state index is 11.8.